The second-order valence-electron chi connectivity index (χ2n) is 8.78. The molecule has 31 heavy (non-hydrogen) atoms. The number of hydrogen-bond donors (Lipinski definition) is 0. The van der Waals surface area contributed by atoms with Crippen LogP contribution in [0.2, 0.25) is 0 Å². The number of ether oxygens (including phenoxy) is 1. The molecule has 1 fully saturated rings. The lowest BCUT2D eigenvalue weighted by Crippen LogP contribution is -2.41. The van der Waals surface area contributed by atoms with Gasteiger partial charge in [-0.25, -0.2) is 0 Å². The van der Waals surface area contributed by atoms with Gasteiger partial charge in [0.1, 0.15) is 5.75 Å². The Bertz CT molecular complexity index is 843. The van der Waals surface area contributed by atoms with E-state index in [1.54, 1.807) is 25.6 Å². The van der Waals surface area contributed by atoms with Gasteiger partial charge in [-0.3, -0.25) is 14.7 Å². The molecule has 3 rings (SSSR count). The summed E-state index contributed by atoms with van der Waals surface area (Å²) in [5.41, 5.74) is 2.24. The van der Waals surface area contributed by atoms with Crippen molar-refractivity contribution in [3.05, 3.63) is 66.0 Å². The van der Waals surface area contributed by atoms with Crippen LogP contribution < -0.4 is 4.74 Å². The number of carbonyl (C=O) groups is 1. The predicted octanol–water partition coefficient (Wildman–Crippen LogP) is 4.50. The van der Waals surface area contributed by atoms with Gasteiger partial charge in [0.15, 0.2) is 0 Å². The molecular formula is C26H35N3O2. The number of hydrogen-bond acceptors (Lipinski definition) is 4. The van der Waals surface area contributed by atoms with Gasteiger partial charge in [-0.2, -0.15) is 0 Å². The van der Waals surface area contributed by atoms with Crippen LogP contribution in [0, 0.1) is 11.8 Å². The fourth-order valence-electron chi connectivity index (χ4n) is 4.16. The highest BCUT2D eigenvalue weighted by Crippen LogP contribution is 2.24. The van der Waals surface area contributed by atoms with Gasteiger partial charge in [0.2, 0.25) is 5.91 Å². The van der Waals surface area contributed by atoms with E-state index < -0.39 is 0 Å². The fraction of sp³-hybridized carbons (Fsp3) is 0.462. The van der Waals surface area contributed by atoms with E-state index >= 15 is 0 Å². The molecular weight excluding hydrogens is 386 g/mol. The molecule has 0 bridgehead atoms. The highest BCUT2D eigenvalue weighted by Gasteiger charge is 2.24. The summed E-state index contributed by atoms with van der Waals surface area (Å²) >= 11 is 0. The molecule has 0 radical (unpaired) electrons. The van der Waals surface area contributed by atoms with Crippen molar-refractivity contribution < 1.29 is 9.53 Å². The Balaban J connectivity index is 1.54. The summed E-state index contributed by atoms with van der Waals surface area (Å²) < 4.78 is 5.50. The van der Waals surface area contributed by atoms with Crippen molar-refractivity contribution in [1.82, 2.24) is 14.8 Å². The zero-order valence-corrected chi connectivity index (χ0v) is 19.0. The average molecular weight is 422 g/mol. The van der Waals surface area contributed by atoms with Crippen molar-refractivity contribution in [2.24, 2.45) is 11.8 Å². The number of carbonyl (C=O) groups excluding carboxylic acids is 1. The molecule has 1 amide bonds. The first-order valence-electron chi connectivity index (χ1n) is 11.3. The van der Waals surface area contributed by atoms with Crippen LogP contribution in [-0.2, 0) is 11.3 Å². The van der Waals surface area contributed by atoms with Gasteiger partial charge >= 0.3 is 0 Å². The molecule has 1 aliphatic rings. The third kappa shape index (κ3) is 7.21. The molecule has 0 aliphatic carbocycles. The molecule has 1 aromatic heterocycles. The molecule has 5 heteroatoms. The van der Waals surface area contributed by atoms with Crippen LogP contribution in [0.1, 0.15) is 37.8 Å². The van der Waals surface area contributed by atoms with E-state index in [0.29, 0.717) is 11.8 Å². The van der Waals surface area contributed by atoms with Crippen LogP contribution in [0.3, 0.4) is 0 Å². The van der Waals surface area contributed by atoms with Crippen LogP contribution in [0.15, 0.2) is 54.9 Å². The van der Waals surface area contributed by atoms with E-state index in [2.05, 4.69) is 35.9 Å². The van der Waals surface area contributed by atoms with Gasteiger partial charge in [-0.05, 0) is 67.6 Å². The Morgan fingerprint density at radius 1 is 1.19 bits per heavy atom. The van der Waals surface area contributed by atoms with Crippen molar-refractivity contribution >= 4 is 12.0 Å². The molecule has 0 spiro atoms. The van der Waals surface area contributed by atoms with Crippen LogP contribution >= 0.6 is 0 Å². The van der Waals surface area contributed by atoms with Crippen molar-refractivity contribution in [2.75, 3.05) is 33.3 Å². The van der Waals surface area contributed by atoms with Crippen LogP contribution in [-0.4, -0.2) is 54.0 Å². The molecule has 1 aromatic carbocycles. The van der Waals surface area contributed by atoms with Gasteiger partial charge in [0.25, 0.3) is 0 Å². The Labute approximate surface area is 186 Å². The largest absolute Gasteiger partial charge is 0.496 e. The summed E-state index contributed by atoms with van der Waals surface area (Å²) in [5, 5.41) is 0. The molecule has 2 aromatic rings. The molecule has 0 unspecified atom stereocenters. The number of para-hydroxylation sites is 1. The molecule has 2 heterocycles. The number of benzene rings is 1. The monoisotopic (exact) mass is 421 g/mol. The SMILES string of the molecule is COc1ccccc1CN1CCC(CN(CC(C)C)C(=O)/C=C/c2ccncc2)CC1. The third-order valence-electron chi connectivity index (χ3n) is 5.79. The summed E-state index contributed by atoms with van der Waals surface area (Å²) in [4.78, 5) is 21.5. The molecule has 1 saturated heterocycles. The van der Waals surface area contributed by atoms with E-state index in [1.807, 2.05) is 35.2 Å². The number of nitrogens with zero attached hydrogens (tertiary/aromatic N) is 3. The predicted molar refractivity (Wildman–Crippen MR) is 126 cm³/mol. The maximum Gasteiger partial charge on any atom is 0.246 e. The summed E-state index contributed by atoms with van der Waals surface area (Å²) in [5.74, 6) is 2.05. The lowest BCUT2D eigenvalue weighted by molar-refractivity contribution is -0.127. The normalized spacial score (nSPS) is 15.5. The van der Waals surface area contributed by atoms with Crippen LogP contribution in [0.4, 0.5) is 0 Å². The Kier molecular flexibility index (Phi) is 8.65. The summed E-state index contributed by atoms with van der Waals surface area (Å²) in [6, 6.07) is 12.1. The molecule has 5 nitrogen and oxygen atoms in total. The van der Waals surface area contributed by atoms with Crippen molar-refractivity contribution in [1.29, 1.82) is 0 Å². The maximum absolute atomic E-state index is 12.9. The molecule has 0 atom stereocenters. The van der Waals surface area contributed by atoms with Crippen LogP contribution in [0.25, 0.3) is 6.08 Å². The van der Waals surface area contributed by atoms with Gasteiger partial charge in [0, 0.05) is 43.7 Å². The number of rotatable bonds is 9. The van der Waals surface area contributed by atoms with E-state index in [4.69, 9.17) is 4.74 Å². The standard InChI is InChI=1S/C26H35N3O2/c1-21(2)18-29(26(30)9-8-22-10-14-27-15-11-22)19-23-12-16-28(17-13-23)20-24-6-4-5-7-25(24)31-3/h4-11,14-15,21,23H,12-13,16-20H2,1-3H3/b9-8+. The van der Waals surface area contributed by atoms with Crippen molar-refractivity contribution in [2.45, 2.75) is 33.2 Å². The third-order valence-corrected chi connectivity index (χ3v) is 5.79. The second-order valence-corrected chi connectivity index (χ2v) is 8.78. The van der Waals surface area contributed by atoms with Gasteiger partial charge in [0.05, 0.1) is 7.11 Å². The number of likely N-dealkylation sites (tertiary alicyclic amines) is 1. The topological polar surface area (TPSA) is 45.7 Å². The quantitative estimate of drug-likeness (QED) is 0.559. The lowest BCUT2D eigenvalue weighted by atomic mass is 9.95. The van der Waals surface area contributed by atoms with Gasteiger partial charge in [-0.1, -0.05) is 32.0 Å². The zero-order chi connectivity index (χ0) is 22.1. The Hall–Kier alpha value is -2.66. The van der Waals surface area contributed by atoms with E-state index in [1.165, 1.54) is 5.56 Å². The summed E-state index contributed by atoms with van der Waals surface area (Å²) in [7, 11) is 1.73. The lowest BCUT2D eigenvalue weighted by Gasteiger charge is -2.35. The minimum absolute atomic E-state index is 0.0990. The highest BCUT2D eigenvalue weighted by molar-refractivity contribution is 5.91. The fourth-order valence-corrected chi connectivity index (χ4v) is 4.16. The minimum Gasteiger partial charge on any atom is -0.496 e. The van der Waals surface area contributed by atoms with E-state index in [9.17, 15) is 4.79 Å². The van der Waals surface area contributed by atoms with Gasteiger partial charge in [-0.15, -0.1) is 0 Å². The first-order valence-corrected chi connectivity index (χ1v) is 11.3. The number of amides is 1. The summed E-state index contributed by atoms with van der Waals surface area (Å²) in [6.45, 7) is 8.99. The average Bonchev–Trinajstić information content (AvgIpc) is 2.79. The van der Waals surface area contributed by atoms with Crippen molar-refractivity contribution in [3.63, 3.8) is 0 Å². The molecule has 1 aliphatic heterocycles. The van der Waals surface area contributed by atoms with E-state index in [0.717, 1.165) is 56.9 Å². The smallest absolute Gasteiger partial charge is 0.246 e. The highest BCUT2D eigenvalue weighted by atomic mass is 16.5. The summed E-state index contributed by atoms with van der Waals surface area (Å²) in [6.07, 6.45) is 9.31. The van der Waals surface area contributed by atoms with Crippen LogP contribution in [0.5, 0.6) is 5.75 Å². The minimum atomic E-state index is 0.0990. The first kappa shape index (κ1) is 23.0. The number of aromatic nitrogens is 1. The molecule has 166 valence electrons. The second kappa shape index (κ2) is 11.7. The number of methoxy groups -OCH3 is 1. The Morgan fingerprint density at radius 2 is 1.90 bits per heavy atom. The van der Waals surface area contributed by atoms with E-state index in [-0.39, 0.29) is 5.91 Å². The molecule has 0 N–H and O–H groups in total. The zero-order valence-electron chi connectivity index (χ0n) is 19.0. The Morgan fingerprint density at radius 3 is 2.58 bits per heavy atom. The first-order chi connectivity index (χ1) is 15.0. The number of pyridine rings is 1. The molecule has 0 saturated carbocycles. The maximum atomic E-state index is 12.9. The number of piperidine rings is 1. The van der Waals surface area contributed by atoms with Crippen molar-refractivity contribution in [3.8, 4) is 5.75 Å². The van der Waals surface area contributed by atoms with Gasteiger partial charge < -0.3 is 9.64 Å².